The first kappa shape index (κ1) is 22.3. The molecule has 1 heterocycles. The first-order chi connectivity index (χ1) is 13.4. The molecule has 1 aromatic carbocycles. The van der Waals surface area contributed by atoms with E-state index < -0.39 is 12.8 Å². The van der Waals surface area contributed by atoms with Gasteiger partial charge in [-0.05, 0) is 12.5 Å². The largest absolute Gasteiger partial charge is 0.484 e. The van der Waals surface area contributed by atoms with Gasteiger partial charge in [0.2, 0.25) is 0 Å². The number of likely N-dealkylation sites (tertiary alicyclic amines) is 1. The van der Waals surface area contributed by atoms with Crippen molar-refractivity contribution in [1.29, 1.82) is 0 Å². The number of methoxy groups -OCH3 is 1. The Morgan fingerprint density at radius 1 is 1.29 bits per heavy atom. The number of nitrogens with one attached hydrogen (secondary N) is 1. The van der Waals surface area contributed by atoms with Gasteiger partial charge < -0.3 is 24.4 Å². The molecular weight excluding hydrogens is 375 g/mol. The normalized spacial score (nSPS) is 17.8. The van der Waals surface area contributed by atoms with Crippen LogP contribution in [0, 0.1) is 5.92 Å². The van der Waals surface area contributed by atoms with Crippen molar-refractivity contribution in [2.24, 2.45) is 10.9 Å². The summed E-state index contributed by atoms with van der Waals surface area (Å²) in [5, 5.41) is 3.22. The lowest BCUT2D eigenvalue weighted by atomic mass is 10.1. The van der Waals surface area contributed by atoms with Crippen LogP contribution in [-0.4, -0.2) is 70.7 Å². The number of guanidine groups is 1. The van der Waals surface area contributed by atoms with Gasteiger partial charge in [-0.3, -0.25) is 4.99 Å². The van der Waals surface area contributed by atoms with Crippen LogP contribution in [0.3, 0.4) is 0 Å². The van der Waals surface area contributed by atoms with Crippen LogP contribution in [0.25, 0.3) is 0 Å². The van der Waals surface area contributed by atoms with E-state index in [2.05, 4.69) is 15.2 Å². The Hall–Kier alpha value is -2.00. The van der Waals surface area contributed by atoms with Gasteiger partial charge in [-0.15, -0.1) is 0 Å². The van der Waals surface area contributed by atoms with Crippen LogP contribution in [0.1, 0.15) is 12.0 Å². The molecule has 1 aromatic rings. The Kier molecular flexibility index (Phi) is 8.85. The fourth-order valence-corrected chi connectivity index (χ4v) is 3.01. The molecule has 0 aromatic heterocycles. The van der Waals surface area contributed by atoms with Crippen LogP contribution in [0.5, 0.6) is 5.75 Å². The SMILES string of the molecule is CN=C(NCc1ccccc1OCC(F)(F)F)N1CCC(COCCOC)C1. The van der Waals surface area contributed by atoms with Gasteiger partial charge in [0.15, 0.2) is 12.6 Å². The smallest absolute Gasteiger partial charge is 0.422 e. The van der Waals surface area contributed by atoms with Crippen LogP contribution in [0.15, 0.2) is 29.3 Å². The van der Waals surface area contributed by atoms with E-state index in [1.165, 1.54) is 6.07 Å². The van der Waals surface area contributed by atoms with E-state index in [1.54, 1.807) is 32.4 Å². The second kappa shape index (κ2) is 11.1. The zero-order valence-corrected chi connectivity index (χ0v) is 16.3. The van der Waals surface area contributed by atoms with Gasteiger partial charge in [-0.1, -0.05) is 18.2 Å². The molecule has 0 radical (unpaired) electrons. The molecular formula is C19H28F3N3O3. The van der Waals surface area contributed by atoms with Crippen molar-refractivity contribution in [3.8, 4) is 5.75 Å². The minimum Gasteiger partial charge on any atom is -0.484 e. The lowest BCUT2D eigenvalue weighted by Crippen LogP contribution is -2.40. The molecule has 9 heteroatoms. The number of hydrogen-bond acceptors (Lipinski definition) is 4. The Morgan fingerprint density at radius 2 is 2.07 bits per heavy atom. The average Bonchev–Trinajstić information content (AvgIpc) is 3.13. The van der Waals surface area contributed by atoms with Crippen molar-refractivity contribution in [2.75, 3.05) is 53.7 Å². The lowest BCUT2D eigenvalue weighted by Gasteiger charge is -2.22. The molecule has 0 saturated carbocycles. The Balaban J connectivity index is 1.84. The number of nitrogens with zero attached hydrogens (tertiary/aromatic N) is 2. The van der Waals surface area contributed by atoms with Gasteiger partial charge in [0, 0.05) is 45.3 Å². The highest BCUT2D eigenvalue weighted by Crippen LogP contribution is 2.22. The Morgan fingerprint density at radius 3 is 2.79 bits per heavy atom. The number of hydrogen-bond donors (Lipinski definition) is 1. The summed E-state index contributed by atoms with van der Waals surface area (Å²) in [4.78, 5) is 6.42. The van der Waals surface area contributed by atoms with Crippen LogP contribution >= 0.6 is 0 Å². The van der Waals surface area contributed by atoms with E-state index in [0.29, 0.717) is 43.8 Å². The van der Waals surface area contributed by atoms with Crippen molar-refractivity contribution >= 4 is 5.96 Å². The maximum atomic E-state index is 12.4. The first-order valence-corrected chi connectivity index (χ1v) is 9.22. The molecule has 28 heavy (non-hydrogen) atoms. The predicted molar refractivity (Wildman–Crippen MR) is 101 cm³/mol. The summed E-state index contributed by atoms with van der Waals surface area (Å²) in [5.74, 6) is 1.34. The molecule has 1 N–H and O–H groups in total. The van der Waals surface area contributed by atoms with Crippen molar-refractivity contribution in [3.63, 3.8) is 0 Å². The van der Waals surface area contributed by atoms with Crippen molar-refractivity contribution in [3.05, 3.63) is 29.8 Å². The third-order valence-corrected chi connectivity index (χ3v) is 4.38. The van der Waals surface area contributed by atoms with Gasteiger partial charge >= 0.3 is 6.18 Å². The summed E-state index contributed by atoms with van der Waals surface area (Å²) >= 11 is 0. The second-order valence-electron chi connectivity index (χ2n) is 6.58. The molecule has 1 atom stereocenters. The van der Waals surface area contributed by atoms with Gasteiger partial charge in [0.25, 0.3) is 0 Å². The molecule has 158 valence electrons. The minimum atomic E-state index is -4.37. The molecule has 0 amide bonds. The maximum absolute atomic E-state index is 12.4. The molecule has 6 nitrogen and oxygen atoms in total. The van der Waals surface area contributed by atoms with Crippen LogP contribution < -0.4 is 10.1 Å². The highest BCUT2D eigenvalue weighted by molar-refractivity contribution is 5.80. The van der Waals surface area contributed by atoms with E-state index in [9.17, 15) is 13.2 Å². The molecule has 1 saturated heterocycles. The summed E-state index contributed by atoms with van der Waals surface area (Å²) < 4.78 is 52.8. The van der Waals surface area contributed by atoms with Gasteiger partial charge in [0.05, 0.1) is 19.8 Å². The first-order valence-electron chi connectivity index (χ1n) is 9.22. The topological polar surface area (TPSA) is 55.3 Å². The zero-order valence-electron chi connectivity index (χ0n) is 16.3. The van der Waals surface area contributed by atoms with Gasteiger partial charge in [0.1, 0.15) is 5.75 Å². The lowest BCUT2D eigenvalue weighted by molar-refractivity contribution is -0.153. The quantitative estimate of drug-likeness (QED) is 0.390. The van der Waals surface area contributed by atoms with Crippen LogP contribution in [0.4, 0.5) is 13.2 Å². The van der Waals surface area contributed by atoms with Crippen molar-refractivity contribution in [1.82, 2.24) is 10.2 Å². The minimum absolute atomic E-state index is 0.216. The number of rotatable bonds is 9. The predicted octanol–water partition coefficient (Wildman–Crippen LogP) is 2.69. The molecule has 1 fully saturated rings. The summed E-state index contributed by atoms with van der Waals surface area (Å²) in [6.45, 7) is 2.51. The average molecular weight is 403 g/mol. The molecule has 2 rings (SSSR count). The Labute approximate surface area is 163 Å². The number of alkyl halides is 3. The standard InChI is InChI=1S/C19H28F3N3O3/c1-23-18(25-8-7-15(12-25)13-27-10-9-26-2)24-11-16-5-3-4-6-17(16)28-14-19(20,21)22/h3-6,15H,7-14H2,1-2H3,(H,23,24). The summed E-state index contributed by atoms with van der Waals surface area (Å²) in [6, 6.07) is 6.69. The summed E-state index contributed by atoms with van der Waals surface area (Å²) in [6.07, 6.45) is -3.37. The van der Waals surface area contributed by atoms with Gasteiger partial charge in [-0.25, -0.2) is 0 Å². The highest BCUT2D eigenvalue weighted by atomic mass is 19.4. The molecule has 0 bridgehead atoms. The van der Waals surface area contributed by atoms with Crippen molar-refractivity contribution in [2.45, 2.75) is 19.1 Å². The molecule has 0 spiro atoms. The van der Waals surface area contributed by atoms with E-state index in [1.807, 2.05) is 0 Å². The van der Waals surface area contributed by atoms with Crippen LogP contribution in [-0.2, 0) is 16.0 Å². The van der Waals surface area contributed by atoms with E-state index >= 15 is 0 Å². The maximum Gasteiger partial charge on any atom is 0.422 e. The van der Waals surface area contributed by atoms with Crippen molar-refractivity contribution < 1.29 is 27.4 Å². The number of aliphatic imine (C=N–C) groups is 1. The third kappa shape index (κ3) is 7.55. The second-order valence-corrected chi connectivity index (χ2v) is 6.58. The summed E-state index contributed by atoms with van der Waals surface area (Å²) in [7, 11) is 3.33. The zero-order chi connectivity index (χ0) is 20.4. The number of para-hydroxylation sites is 1. The van der Waals surface area contributed by atoms with E-state index in [4.69, 9.17) is 14.2 Å². The third-order valence-electron chi connectivity index (χ3n) is 4.38. The molecule has 1 aliphatic rings. The number of ether oxygens (including phenoxy) is 3. The summed E-state index contributed by atoms with van der Waals surface area (Å²) in [5.41, 5.74) is 0.645. The fourth-order valence-electron chi connectivity index (χ4n) is 3.01. The van der Waals surface area contributed by atoms with Crippen LogP contribution in [0.2, 0.25) is 0 Å². The van der Waals surface area contributed by atoms with E-state index in [-0.39, 0.29) is 5.75 Å². The fraction of sp³-hybridized carbons (Fsp3) is 0.632. The number of halogens is 3. The molecule has 1 aliphatic heterocycles. The highest BCUT2D eigenvalue weighted by Gasteiger charge is 2.29. The Bertz CT molecular complexity index is 626. The molecule has 0 aliphatic carbocycles. The number of benzene rings is 1. The molecule has 1 unspecified atom stereocenters. The van der Waals surface area contributed by atoms with Gasteiger partial charge in [-0.2, -0.15) is 13.2 Å². The monoisotopic (exact) mass is 403 g/mol. The van der Waals surface area contributed by atoms with E-state index in [0.717, 1.165) is 19.5 Å².